The van der Waals surface area contributed by atoms with Crippen LogP contribution in [0.3, 0.4) is 0 Å². The van der Waals surface area contributed by atoms with Gasteiger partial charge in [-0.2, -0.15) is 5.26 Å². The second kappa shape index (κ2) is 4.69. The van der Waals surface area contributed by atoms with Crippen molar-refractivity contribution in [3.05, 3.63) is 40.6 Å². The summed E-state index contributed by atoms with van der Waals surface area (Å²) in [7, 11) is 0. The lowest BCUT2D eigenvalue weighted by molar-refractivity contribution is 1.29. The van der Waals surface area contributed by atoms with E-state index >= 15 is 0 Å². The molecule has 2 nitrogen and oxygen atoms in total. The fraction of sp³-hybridized carbons (Fsp3) is 0.182. The largest absolute Gasteiger partial charge is 0.347 e. The Labute approximate surface area is 88.8 Å². The highest BCUT2D eigenvalue weighted by Gasteiger charge is 1.98. The lowest BCUT2D eigenvalue weighted by atomic mass is 10.2. The Bertz CT molecular complexity index is 381. The van der Waals surface area contributed by atoms with Crippen molar-refractivity contribution in [1.29, 1.82) is 5.26 Å². The van der Waals surface area contributed by atoms with Crippen LogP contribution in [0.25, 0.3) is 0 Å². The Morgan fingerprint density at radius 3 is 2.29 bits per heavy atom. The van der Waals surface area contributed by atoms with Crippen LogP contribution in [0, 0.1) is 11.3 Å². The maximum atomic E-state index is 8.82. The molecule has 0 amide bonds. The number of anilines is 1. The van der Waals surface area contributed by atoms with Crippen molar-refractivity contribution in [2.75, 3.05) is 5.32 Å². The van der Waals surface area contributed by atoms with Crippen molar-refractivity contribution >= 4 is 17.3 Å². The van der Waals surface area contributed by atoms with Crippen LogP contribution in [0.1, 0.15) is 13.8 Å². The van der Waals surface area contributed by atoms with Gasteiger partial charge in [0.15, 0.2) is 0 Å². The molecule has 0 atom stereocenters. The molecule has 0 radical (unpaired) electrons. The summed E-state index contributed by atoms with van der Waals surface area (Å²) in [5.74, 6) is 0. The molecule has 0 saturated carbocycles. The summed E-state index contributed by atoms with van der Waals surface area (Å²) in [5, 5.41) is 12.5. The molecular weight excluding hydrogens is 196 g/mol. The number of hydrogen-bond acceptors (Lipinski definition) is 2. The SMILES string of the molecule is CC(C)=C(C#N)Nc1ccc(Cl)cc1. The third kappa shape index (κ3) is 2.79. The van der Waals surface area contributed by atoms with E-state index in [1.807, 2.05) is 26.0 Å². The van der Waals surface area contributed by atoms with Gasteiger partial charge in [-0.05, 0) is 43.7 Å². The number of nitrogens with zero attached hydrogens (tertiary/aromatic N) is 1. The maximum Gasteiger partial charge on any atom is 0.117 e. The van der Waals surface area contributed by atoms with Crippen LogP contribution < -0.4 is 5.32 Å². The third-order valence-corrected chi connectivity index (χ3v) is 1.98. The summed E-state index contributed by atoms with van der Waals surface area (Å²) >= 11 is 5.74. The van der Waals surface area contributed by atoms with Gasteiger partial charge in [-0.25, -0.2) is 0 Å². The molecule has 0 heterocycles. The Kier molecular flexibility index (Phi) is 3.55. The van der Waals surface area contributed by atoms with E-state index in [0.29, 0.717) is 10.7 Å². The fourth-order valence-corrected chi connectivity index (χ4v) is 1.07. The lowest BCUT2D eigenvalue weighted by Gasteiger charge is -2.05. The number of rotatable bonds is 2. The molecule has 0 saturated heterocycles. The third-order valence-electron chi connectivity index (χ3n) is 1.73. The predicted molar refractivity (Wildman–Crippen MR) is 59.1 cm³/mol. The van der Waals surface area contributed by atoms with Gasteiger partial charge < -0.3 is 5.32 Å². The summed E-state index contributed by atoms with van der Waals surface area (Å²) in [6, 6.07) is 9.34. The molecule has 1 aromatic rings. The van der Waals surface area contributed by atoms with Crippen LogP contribution in [0.4, 0.5) is 5.69 Å². The number of hydrogen-bond donors (Lipinski definition) is 1. The molecule has 0 aliphatic carbocycles. The highest BCUT2D eigenvalue weighted by Crippen LogP contribution is 2.15. The van der Waals surface area contributed by atoms with Crippen LogP contribution in [0.15, 0.2) is 35.5 Å². The Morgan fingerprint density at radius 1 is 1.29 bits per heavy atom. The van der Waals surface area contributed by atoms with Gasteiger partial charge in [0, 0.05) is 10.7 Å². The molecule has 0 bridgehead atoms. The summed E-state index contributed by atoms with van der Waals surface area (Å²) in [4.78, 5) is 0. The normalized spacial score (nSPS) is 9.00. The highest BCUT2D eigenvalue weighted by molar-refractivity contribution is 6.30. The topological polar surface area (TPSA) is 35.8 Å². The van der Waals surface area contributed by atoms with Crippen LogP contribution in [-0.2, 0) is 0 Å². The number of nitriles is 1. The minimum Gasteiger partial charge on any atom is -0.347 e. The van der Waals surface area contributed by atoms with E-state index in [4.69, 9.17) is 16.9 Å². The summed E-state index contributed by atoms with van der Waals surface area (Å²) in [5.41, 5.74) is 2.40. The average Bonchev–Trinajstić information content (AvgIpc) is 2.16. The average molecular weight is 207 g/mol. The van der Waals surface area contributed by atoms with E-state index < -0.39 is 0 Å². The van der Waals surface area contributed by atoms with Crippen LogP contribution >= 0.6 is 11.6 Å². The van der Waals surface area contributed by atoms with Crippen molar-refractivity contribution in [2.24, 2.45) is 0 Å². The first kappa shape index (κ1) is 10.6. The molecule has 0 unspecified atom stereocenters. The maximum absolute atomic E-state index is 8.82. The molecule has 0 aliphatic heterocycles. The molecule has 72 valence electrons. The van der Waals surface area contributed by atoms with E-state index in [1.54, 1.807) is 12.1 Å². The van der Waals surface area contributed by atoms with Gasteiger partial charge in [0.05, 0.1) is 0 Å². The zero-order valence-corrected chi connectivity index (χ0v) is 8.89. The van der Waals surface area contributed by atoms with Gasteiger partial charge in [-0.3, -0.25) is 0 Å². The quantitative estimate of drug-likeness (QED) is 0.751. The molecular formula is C11H11ClN2. The fourth-order valence-electron chi connectivity index (χ4n) is 0.942. The van der Waals surface area contributed by atoms with Crippen LogP contribution in [0.5, 0.6) is 0 Å². The summed E-state index contributed by atoms with van der Waals surface area (Å²) in [6.07, 6.45) is 0. The van der Waals surface area contributed by atoms with Crippen LogP contribution in [-0.4, -0.2) is 0 Å². The van der Waals surface area contributed by atoms with Gasteiger partial charge in [-0.1, -0.05) is 11.6 Å². The van der Waals surface area contributed by atoms with Gasteiger partial charge in [0.2, 0.25) is 0 Å². The lowest BCUT2D eigenvalue weighted by Crippen LogP contribution is -1.98. The van der Waals surface area contributed by atoms with Crippen molar-refractivity contribution in [3.63, 3.8) is 0 Å². The molecule has 14 heavy (non-hydrogen) atoms. The number of halogens is 1. The van der Waals surface area contributed by atoms with Crippen molar-refractivity contribution in [1.82, 2.24) is 0 Å². The molecule has 0 fully saturated rings. The number of benzene rings is 1. The standard InChI is InChI=1S/C11H11ClN2/c1-8(2)11(7-13)14-10-5-3-9(12)4-6-10/h3-6,14H,1-2H3. The zero-order valence-electron chi connectivity index (χ0n) is 8.13. The van der Waals surface area contributed by atoms with E-state index in [0.717, 1.165) is 11.3 Å². The van der Waals surface area contributed by atoms with Crippen LogP contribution in [0.2, 0.25) is 5.02 Å². The second-order valence-corrected chi connectivity index (χ2v) is 3.56. The highest BCUT2D eigenvalue weighted by atomic mass is 35.5. The molecule has 0 aliphatic rings. The second-order valence-electron chi connectivity index (χ2n) is 3.12. The van der Waals surface area contributed by atoms with E-state index in [-0.39, 0.29) is 0 Å². The monoisotopic (exact) mass is 206 g/mol. The van der Waals surface area contributed by atoms with Gasteiger partial charge >= 0.3 is 0 Å². The molecule has 1 rings (SSSR count). The van der Waals surface area contributed by atoms with Gasteiger partial charge in [0.1, 0.15) is 11.8 Å². The van der Waals surface area contributed by atoms with Crippen molar-refractivity contribution in [2.45, 2.75) is 13.8 Å². The Balaban J connectivity index is 2.85. The molecule has 1 aromatic carbocycles. The summed E-state index contributed by atoms with van der Waals surface area (Å²) < 4.78 is 0. The first-order valence-corrected chi connectivity index (χ1v) is 4.61. The first-order chi connectivity index (χ1) is 6.63. The molecule has 0 aromatic heterocycles. The Morgan fingerprint density at radius 2 is 1.86 bits per heavy atom. The molecule has 0 spiro atoms. The van der Waals surface area contributed by atoms with Crippen molar-refractivity contribution < 1.29 is 0 Å². The molecule has 3 heteroatoms. The molecule has 1 N–H and O–H groups in total. The summed E-state index contributed by atoms with van der Waals surface area (Å²) in [6.45, 7) is 3.78. The number of allylic oxidation sites excluding steroid dienone is 2. The Hall–Kier alpha value is -1.46. The van der Waals surface area contributed by atoms with Gasteiger partial charge in [0.25, 0.3) is 0 Å². The van der Waals surface area contributed by atoms with E-state index in [1.165, 1.54) is 0 Å². The van der Waals surface area contributed by atoms with Gasteiger partial charge in [-0.15, -0.1) is 0 Å². The smallest absolute Gasteiger partial charge is 0.117 e. The number of nitrogens with one attached hydrogen (secondary N) is 1. The van der Waals surface area contributed by atoms with E-state index in [2.05, 4.69) is 11.4 Å². The first-order valence-electron chi connectivity index (χ1n) is 4.23. The predicted octanol–water partition coefficient (Wildman–Crippen LogP) is 3.57. The zero-order chi connectivity index (χ0) is 10.6. The van der Waals surface area contributed by atoms with E-state index in [9.17, 15) is 0 Å². The minimum atomic E-state index is 0.576. The minimum absolute atomic E-state index is 0.576. The van der Waals surface area contributed by atoms with Crippen molar-refractivity contribution in [3.8, 4) is 6.07 Å².